The highest BCUT2D eigenvalue weighted by molar-refractivity contribution is 6.30. The van der Waals surface area contributed by atoms with E-state index >= 15 is 0 Å². The summed E-state index contributed by atoms with van der Waals surface area (Å²) >= 11 is 5.72. The van der Waals surface area contributed by atoms with Crippen molar-refractivity contribution in [1.29, 1.82) is 0 Å². The van der Waals surface area contributed by atoms with E-state index in [2.05, 4.69) is 0 Å². The lowest BCUT2D eigenvalue weighted by Crippen LogP contribution is -2.43. The fourth-order valence-electron chi connectivity index (χ4n) is 2.66. The maximum absolute atomic E-state index is 14.5. The lowest BCUT2D eigenvalue weighted by molar-refractivity contribution is -0.124. The summed E-state index contributed by atoms with van der Waals surface area (Å²) in [4.78, 5) is 0. The molecule has 1 aromatic rings. The number of alkyl halides is 2. The van der Waals surface area contributed by atoms with E-state index in [1.165, 1.54) is 24.3 Å². The van der Waals surface area contributed by atoms with Crippen molar-refractivity contribution in [2.75, 3.05) is 6.54 Å². The summed E-state index contributed by atoms with van der Waals surface area (Å²) in [5, 5.41) is 0.470. The summed E-state index contributed by atoms with van der Waals surface area (Å²) in [6, 6.07) is 5.81. The fraction of sp³-hybridized carbons (Fsp3) is 0.538. The Balaban J connectivity index is 2.37. The number of hydrogen-bond donors (Lipinski definition) is 1. The highest BCUT2D eigenvalue weighted by Gasteiger charge is 2.54. The monoisotopic (exact) mass is 259 g/mol. The first-order valence-electron chi connectivity index (χ1n) is 5.86. The van der Waals surface area contributed by atoms with Crippen LogP contribution in [0.15, 0.2) is 24.3 Å². The average molecular weight is 260 g/mol. The normalized spacial score (nSPS) is 19.5. The molecule has 2 rings (SSSR count). The zero-order chi connectivity index (χ0) is 12.5. The maximum atomic E-state index is 14.5. The lowest BCUT2D eigenvalue weighted by Gasteiger charge is -2.36. The molecule has 0 atom stereocenters. The predicted molar refractivity (Wildman–Crippen MR) is 65.3 cm³/mol. The van der Waals surface area contributed by atoms with Gasteiger partial charge in [0.2, 0.25) is 0 Å². The van der Waals surface area contributed by atoms with Gasteiger partial charge in [0.1, 0.15) is 0 Å². The Morgan fingerprint density at radius 2 is 1.71 bits per heavy atom. The third-order valence-corrected chi connectivity index (χ3v) is 4.08. The van der Waals surface area contributed by atoms with Crippen LogP contribution in [0.2, 0.25) is 5.02 Å². The van der Waals surface area contributed by atoms with Crippen molar-refractivity contribution in [3.05, 3.63) is 34.9 Å². The first kappa shape index (κ1) is 12.8. The molecule has 4 heteroatoms. The van der Waals surface area contributed by atoms with Gasteiger partial charge in [0.25, 0.3) is 5.92 Å². The van der Waals surface area contributed by atoms with Crippen molar-refractivity contribution >= 4 is 11.6 Å². The van der Waals surface area contributed by atoms with Crippen molar-refractivity contribution in [3.63, 3.8) is 0 Å². The van der Waals surface area contributed by atoms with Crippen LogP contribution in [0.25, 0.3) is 0 Å². The van der Waals surface area contributed by atoms with Crippen LogP contribution in [0.5, 0.6) is 0 Å². The maximum Gasteiger partial charge on any atom is 0.279 e. The molecule has 0 radical (unpaired) electrons. The van der Waals surface area contributed by atoms with Crippen LogP contribution in [0, 0.1) is 5.41 Å². The Kier molecular flexibility index (Phi) is 3.41. The zero-order valence-corrected chi connectivity index (χ0v) is 10.3. The summed E-state index contributed by atoms with van der Waals surface area (Å²) in [5.41, 5.74) is 4.57. The number of nitrogens with two attached hydrogens (primary N) is 1. The van der Waals surface area contributed by atoms with Crippen LogP contribution in [0.1, 0.15) is 31.2 Å². The van der Waals surface area contributed by atoms with Crippen LogP contribution in [0.3, 0.4) is 0 Å². The van der Waals surface area contributed by atoms with E-state index in [9.17, 15) is 8.78 Å². The molecule has 17 heavy (non-hydrogen) atoms. The van der Waals surface area contributed by atoms with Gasteiger partial charge in [-0.05, 0) is 25.0 Å². The molecule has 1 aliphatic carbocycles. The molecule has 0 bridgehead atoms. The molecule has 0 unspecified atom stereocenters. The zero-order valence-electron chi connectivity index (χ0n) is 9.56. The van der Waals surface area contributed by atoms with Gasteiger partial charge in [-0.1, -0.05) is 36.6 Å². The molecule has 0 spiro atoms. The Hall–Kier alpha value is -0.670. The van der Waals surface area contributed by atoms with Crippen molar-refractivity contribution in [3.8, 4) is 0 Å². The van der Waals surface area contributed by atoms with E-state index in [1.54, 1.807) is 0 Å². The molecule has 1 aromatic carbocycles. The second kappa shape index (κ2) is 4.54. The van der Waals surface area contributed by atoms with Crippen molar-refractivity contribution in [1.82, 2.24) is 0 Å². The van der Waals surface area contributed by atoms with Crippen LogP contribution in [0.4, 0.5) is 8.78 Å². The molecule has 2 N–H and O–H groups in total. The van der Waals surface area contributed by atoms with E-state index in [0.29, 0.717) is 17.9 Å². The summed E-state index contributed by atoms with van der Waals surface area (Å²) in [6.07, 6.45) is 2.67. The highest BCUT2D eigenvalue weighted by atomic mass is 35.5. The van der Waals surface area contributed by atoms with Gasteiger partial charge >= 0.3 is 0 Å². The van der Waals surface area contributed by atoms with Gasteiger partial charge in [-0.15, -0.1) is 0 Å². The number of benzene rings is 1. The second-order valence-electron chi connectivity index (χ2n) is 4.77. The van der Waals surface area contributed by atoms with Gasteiger partial charge in [-0.2, -0.15) is 0 Å². The summed E-state index contributed by atoms with van der Waals surface area (Å²) in [7, 11) is 0. The minimum atomic E-state index is -2.87. The van der Waals surface area contributed by atoms with E-state index in [4.69, 9.17) is 17.3 Å². The SMILES string of the molecule is NCC1(C(F)(F)c2ccc(Cl)cc2)CCCC1. The molecule has 1 aliphatic rings. The predicted octanol–water partition coefficient (Wildman–Crippen LogP) is 3.95. The van der Waals surface area contributed by atoms with Crippen molar-refractivity contribution in [2.24, 2.45) is 11.1 Å². The third kappa shape index (κ3) is 2.06. The molecular formula is C13H16ClF2N. The molecule has 1 fully saturated rings. The van der Waals surface area contributed by atoms with Gasteiger partial charge < -0.3 is 5.73 Å². The largest absolute Gasteiger partial charge is 0.330 e. The molecule has 0 amide bonds. The standard InChI is InChI=1S/C13H16ClF2N/c14-11-5-3-10(4-6-11)13(15,16)12(9-17)7-1-2-8-12/h3-6H,1-2,7-9,17H2. The molecule has 1 nitrogen and oxygen atoms in total. The Morgan fingerprint density at radius 3 is 2.18 bits per heavy atom. The Bertz CT molecular complexity index is 383. The summed E-state index contributed by atoms with van der Waals surface area (Å²) < 4.78 is 29.1. The number of hydrogen-bond acceptors (Lipinski definition) is 1. The number of halogens is 3. The van der Waals surface area contributed by atoms with Gasteiger partial charge in [0, 0.05) is 17.1 Å². The van der Waals surface area contributed by atoms with Gasteiger partial charge in [0.05, 0.1) is 5.41 Å². The molecule has 1 saturated carbocycles. The highest BCUT2D eigenvalue weighted by Crippen LogP contribution is 2.54. The van der Waals surface area contributed by atoms with Crippen molar-refractivity contribution < 1.29 is 8.78 Å². The van der Waals surface area contributed by atoms with Gasteiger partial charge in [-0.3, -0.25) is 0 Å². The van der Waals surface area contributed by atoms with Crippen LogP contribution in [-0.2, 0) is 5.92 Å². The van der Waals surface area contributed by atoms with Crippen LogP contribution >= 0.6 is 11.6 Å². The smallest absolute Gasteiger partial charge is 0.279 e. The fourth-order valence-corrected chi connectivity index (χ4v) is 2.79. The molecule has 94 valence electrons. The topological polar surface area (TPSA) is 26.0 Å². The van der Waals surface area contributed by atoms with E-state index in [1.807, 2.05) is 0 Å². The van der Waals surface area contributed by atoms with E-state index < -0.39 is 11.3 Å². The average Bonchev–Trinajstić information content (AvgIpc) is 2.79. The minimum Gasteiger partial charge on any atom is -0.330 e. The van der Waals surface area contributed by atoms with Crippen molar-refractivity contribution in [2.45, 2.75) is 31.6 Å². The number of rotatable bonds is 3. The van der Waals surface area contributed by atoms with Crippen LogP contribution in [-0.4, -0.2) is 6.54 Å². The Labute approximate surface area is 105 Å². The van der Waals surface area contributed by atoms with Crippen LogP contribution < -0.4 is 5.73 Å². The minimum absolute atomic E-state index is 0.0225. The summed E-state index contributed by atoms with van der Waals surface area (Å²) in [5.74, 6) is -2.87. The first-order chi connectivity index (χ1) is 8.02. The lowest BCUT2D eigenvalue weighted by atomic mass is 9.76. The molecular weight excluding hydrogens is 244 g/mol. The van der Waals surface area contributed by atoms with E-state index in [-0.39, 0.29) is 12.1 Å². The second-order valence-corrected chi connectivity index (χ2v) is 5.21. The molecule has 0 saturated heterocycles. The third-order valence-electron chi connectivity index (χ3n) is 3.82. The van der Waals surface area contributed by atoms with E-state index in [0.717, 1.165) is 12.8 Å². The summed E-state index contributed by atoms with van der Waals surface area (Å²) in [6.45, 7) is 0.0304. The first-order valence-corrected chi connectivity index (χ1v) is 6.24. The molecule has 0 aliphatic heterocycles. The Morgan fingerprint density at radius 1 is 1.18 bits per heavy atom. The molecule has 0 aromatic heterocycles. The quantitative estimate of drug-likeness (QED) is 0.874. The van der Waals surface area contributed by atoms with Gasteiger partial charge in [-0.25, -0.2) is 8.78 Å². The van der Waals surface area contributed by atoms with Gasteiger partial charge in [0.15, 0.2) is 0 Å². The molecule has 0 heterocycles.